The van der Waals surface area contributed by atoms with E-state index in [-0.39, 0.29) is 17.9 Å². The van der Waals surface area contributed by atoms with E-state index in [1.165, 1.54) is 12.1 Å². The second-order valence-electron chi connectivity index (χ2n) is 7.38. The molecule has 1 N–H and O–H groups in total. The van der Waals surface area contributed by atoms with E-state index in [0.29, 0.717) is 22.4 Å². The molecule has 1 aliphatic rings. The Morgan fingerprint density at radius 2 is 1.78 bits per heavy atom. The summed E-state index contributed by atoms with van der Waals surface area (Å²) in [7, 11) is 1.64. The highest BCUT2D eigenvalue weighted by molar-refractivity contribution is 7.80. The predicted octanol–water partition coefficient (Wildman–Crippen LogP) is 5.67. The van der Waals surface area contributed by atoms with Gasteiger partial charge in [0.1, 0.15) is 29.1 Å². The van der Waals surface area contributed by atoms with Gasteiger partial charge < -0.3 is 19.4 Å². The molecule has 0 spiro atoms. The molecule has 0 aliphatic carbocycles. The van der Waals surface area contributed by atoms with E-state index in [1.54, 1.807) is 25.4 Å². The second-order valence-corrected chi connectivity index (χ2v) is 7.76. The van der Waals surface area contributed by atoms with Crippen LogP contribution in [0.25, 0.3) is 11.3 Å². The molecule has 2 atom stereocenters. The Labute approximate surface area is 190 Å². The van der Waals surface area contributed by atoms with Crippen LogP contribution in [0.15, 0.2) is 89.5 Å². The third-order valence-corrected chi connectivity index (χ3v) is 5.80. The van der Waals surface area contributed by atoms with Crippen LogP contribution in [0.3, 0.4) is 0 Å². The number of hydrogen-bond acceptors (Lipinski definition) is 4. The lowest BCUT2D eigenvalue weighted by molar-refractivity contribution is 0.409. The number of para-hydroxylation sites is 2. The summed E-state index contributed by atoms with van der Waals surface area (Å²) in [4.78, 5) is 6.55. The SMILES string of the molecule is COc1ccccc1N1C(=S)N[C@@H](c2ccccn2)[C@H]1c1ccc(-c2ccc(F)cc2)o1. The zero-order valence-corrected chi connectivity index (χ0v) is 18.1. The van der Waals surface area contributed by atoms with Crippen LogP contribution >= 0.6 is 12.2 Å². The quantitative estimate of drug-likeness (QED) is 0.400. The van der Waals surface area contributed by atoms with Gasteiger partial charge in [-0.3, -0.25) is 4.98 Å². The first-order valence-electron chi connectivity index (χ1n) is 10.1. The zero-order chi connectivity index (χ0) is 22.1. The normalized spacial score (nSPS) is 17.9. The minimum atomic E-state index is -0.303. The molecule has 3 heterocycles. The van der Waals surface area contributed by atoms with Crippen molar-refractivity contribution in [2.75, 3.05) is 12.0 Å². The van der Waals surface area contributed by atoms with Crippen molar-refractivity contribution >= 4 is 23.0 Å². The van der Waals surface area contributed by atoms with Crippen molar-refractivity contribution in [3.63, 3.8) is 0 Å². The molecular formula is C25H20FN3O2S. The van der Waals surface area contributed by atoms with Gasteiger partial charge in [-0.2, -0.15) is 0 Å². The first-order chi connectivity index (χ1) is 15.7. The summed E-state index contributed by atoms with van der Waals surface area (Å²) < 4.78 is 25.3. The number of nitrogens with zero attached hydrogens (tertiary/aromatic N) is 2. The van der Waals surface area contributed by atoms with Crippen molar-refractivity contribution in [3.8, 4) is 17.1 Å². The fraction of sp³-hybridized carbons (Fsp3) is 0.120. The van der Waals surface area contributed by atoms with Crippen molar-refractivity contribution in [2.24, 2.45) is 0 Å². The molecule has 1 fully saturated rings. The van der Waals surface area contributed by atoms with Gasteiger partial charge in [-0.25, -0.2) is 4.39 Å². The number of aromatic nitrogens is 1. The van der Waals surface area contributed by atoms with E-state index < -0.39 is 0 Å². The van der Waals surface area contributed by atoms with Crippen LogP contribution in [-0.4, -0.2) is 17.2 Å². The minimum Gasteiger partial charge on any atom is -0.495 e. The fourth-order valence-electron chi connectivity index (χ4n) is 4.01. The minimum absolute atomic E-state index is 0.235. The fourth-order valence-corrected chi connectivity index (χ4v) is 4.35. The second kappa shape index (κ2) is 8.43. The number of benzene rings is 2. The van der Waals surface area contributed by atoms with Crippen molar-refractivity contribution in [3.05, 3.63) is 102 Å². The molecule has 1 saturated heterocycles. The molecule has 160 valence electrons. The lowest BCUT2D eigenvalue weighted by Crippen LogP contribution is -2.29. The van der Waals surface area contributed by atoms with Gasteiger partial charge in [-0.05, 0) is 72.9 Å². The van der Waals surface area contributed by atoms with Crippen molar-refractivity contribution in [1.82, 2.24) is 10.3 Å². The lowest BCUT2D eigenvalue weighted by Gasteiger charge is -2.27. The highest BCUT2D eigenvalue weighted by Gasteiger charge is 2.43. The topological polar surface area (TPSA) is 50.5 Å². The van der Waals surface area contributed by atoms with Crippen LogP contribution in [0, 0.1) is 5.82 Å². The molecule has 4 aromatic rings. The smallest absolute Gasteiger partial charge is 0.174 e. The van der Waals surface area contributed by atoms with Gasteiger partial charge in [-0.1, -0.05) is 18.2 Å². The van der Waals surface area contributed by atoms with Crippen LogP contribution in [0.4, 0.5) is 10.1 Å². The third kappa shape index (κ3) is 3.61. The molecule has 5 rings (SSSR count). The van der Waals surface area contributed by atoms with Crippen molar-refractivity contribution < 1.29 is 13.5 Å². The number of nitrogens with one attached hydrogen (secondary N) is 1. The molecule has 7 heteroatoms. The van der Waals surface area contributed by atoms with Crippen LogP contribution in [-0.2, 0) is 0 Å². The Morgan fingerprint density at radius 1 is 1.00 bits per heavy atom. The number of hydrogen-bond donors (Lipinski definition) is 1. The van der Waals surface area contributed by atoms with Gasteiger partial charge in [-0.15, -0.1) is 0 Å². The maximum Gasteiger partial charge on any atom is 0.174 e. The summed E-state index contributed by atoms with van der Waals surface area (Å²) >= 11 is 5.75. The number of methoxy groups -OCH3 is 1. The molecule has 32 heavy (non-hydrogen) atoms. The molecule has 5 nitrogen and oxygen atoms in total. The largest absolute Gasteiger partial charge is 0.495 e. The number of thiocarbonyl (C=S) groups is 1. The standard InChI is InChI=1S/C25H20FN3O2S/c1-30-21-8-3-2-7-19(21)29-24(23(28-25(29)32)18-6-4-5-15-27-18)22-14-13-20(31-22)16-9-11-17(26)12-10-16/h2-15,23-24H,1H3,(H,28,32)/t23-,24+/m0/s1. The average Bonchev–Trinajstić information content (AvgIpc) is 3.44. The molecule has 0 radical (unpaired) electrons. The van der Waals surface area contributed by atoms with Gasteiger partial charge in [0, 0.05) is 11.8 Å². The number of anilines is 1. The molecule has 2 aromatic carbocycles. The number of halogens is 1. The maximum absolute atomic E-state index is 13.4. The first-order valence-corrected chi connectivity index (χ1v) is 10.6. The number of ether oxygens (including phenoxy) is 1. The lowest BCUT2D eigenvalue weighted by atomic mass is 10.0. The maximum atomic E-state index is 13.4. The monoisotopic (exact) mass is 445 g/mol. The summed E-state index contributed by atoms with van der Waals surface area (Å²) in [6, 6.07) is 23.0. The van der Waals surface area contributed by atoms with E-state index in [9.17, 15) is 4.39 Å². The van der Waals surface area contributed by atoms with E-state index >= 15 is 0 Å². The Morgan fingerprint density at radius 3 is 2.53 bits per heavy atom. The summed E-state index contributed by atoms with van der Waals surface area (Å²) in [5, 5.41) is 3.96. The van der Waals surface area contributed by atoms with Crippen molar-refractivity contribution in [2.45, 2.75) is 12.1 Å². The van der Waals surface area contributed by atoms with Crippen LogP contribution < -0.4 is 15.0 Å². The first kappa shape index (κ1) is 20.2. The summed E-state index contributed by atoms with van der Waals surface area (Å²) in [6.07, 6.45) is 1.76. The molecule has 0 bridgehead atoms. The average molecular weight is 446 g/mol. The molecule has 0 unspecified atom stereocenters. The van der Waals surface area contributed by atoms with Gasteiger partial charge in [0.2, 0.25) is 0 Å². The summed E-state index contributed by atoms with van der Waals surface area (Å²) in [6.45, 7) is 0. The highest BCUT2D eigenvalue weighted by atomic mass is 32.1. The van der Waals surface area contributed by atoms with Gasteiger partial charge in [0.15, 0.2) is 5.11 Å². The molecule has 0 amide bonds. The third-order valence-electron chi connectivity index (χ3n) is 5.49. The van der Waals surface area contributed by atoms with E-state index in [2.05, 4.69) is 10.3 Å². The Hall–Kier alpha value is -3.71. The van der Waals surface area contributed by atoms with Crippen molar-refractivity contribution in [1.29, 1.82) is 0 Å². The molecular weight excluding hydrogens is 425 g/mol. The van der Waals surface area contributed by atoms with Gasteiger partial charge in [0.05, 0.1) is 24.5 Å². The Bertz CT molecular complexity index is 1240. The van der Waals surface area contributed by atoms with E-state index in [1.807, 2.05) is 59.5 Å². The molecule has 2 aromatic heterocycles. The van der Waals surface area contributed by atoms with Crippen LogP contribution in [0.5, 0.6) is 5.75 Å². The summed E-state index contributed by atoms with van der Waals surface area (Å²) in [5.41, 5.74) is 2.47. The number of furan rings is 1. The van der Waals surface area contributed by atoms with Crippen LogP contribution in [0.1, 0.15) is 23.5 Å². The molecule has 0 saturated carbocycles. The summed E-state index contributed by atoms with van der Waals surface area (Å²) in [5.74, 6) is 1.77. The Balaban J connectivity index is 1.61. The highest BCUT2D eigenvalue weighted by Crippen LogP contribution is 2.45. The van der Waals surface area contributed by atoms with E-state index in [4.69, 9.17) is 21.4 Å². The number of pyridine rings is 1. The van der Waals surface area contributed by atoms with Crippen LogP contribution in [0.2, 0.25) is 0 Å². The molecule has 1 aliphatic heterocycles. The predicted molar refractivity (Wildman–Crippen MR) is 125 cm³/mol. The number of rotatable bonds is 5. The van der Waals surface area contributed by atoms with Gasteiger partial charge >= 0.3 is 0 Å². The zero-order valence-electron chi connectivity index (χ0n) is 17.2. The van der Waals surface area contributed by atoms with E-state index in [0.717, 1.165) is 16.9 Å². The van der Waals surface area contributed by atoms with Gasteiger partial charge in [0.25, 0.3) is 0 Å². The Kier molecular flexibility index (Phi) is 5.33.